The van der Waals surface area contributed by atoms with E-state index in [0.717, 1.165) is 50.3 Å². The number of aromatic nitrogens is 4. The van der Waals surface area contributed by atoms with Crippen LogP contribution in [-0.4, -0.2) is 24.5 Å². The van der Waals surface area contributed by atoms with Gasteiger partial charge in [0, 0.05) is 47.5 Å². The lowest BCUT2D eigenvalue weighted by Gasteiger charge is -2.12. The van der Waals surface area contributed by atoms with Crippen molar-refractivity contribution in [2.24, 2.45) is 0 Å². The summed E-state index contributed by atoms with van der Waals surface area (Å²) in [6, 6.07) is 18.1. The van der Waals surface area contributed by atoms with Crippen LogP contribution in [0.1, 0.15) is 5.89 Å². The van der Waals surface area contributed by atoms with Crippen LogP contribution in [0.2, 0.25) is 0 Å². The number of fused-ring (bicyclic) bond motifs is 2. The Morgan fingerprint density at radius 1 is 1.03 bits per heavy atom. The molecule has 4 aromatic heterocycles. The minimum absolute atomic E-state index is 0.184. The third kappa shape index (κ3) is 2.99. The van der Waals surface area contributed by atoms with Gasteiger partial charge in [0.1, 0.15) is 12.0 Å². The van der Waals surface area contributed by atoms with E-state index in [1.807, 2.05) is 55.6 Å². The van der Waals surface area contributed by atoms with Gasteiger partial charge in [-0.25, -0.2) is 9.97 Å². The lowest BCUT2D eigenvalue weighted by molar-refractivity contribution is 0.462. The number of benzene rings is 2. The van der Waals surface area contributed by atoms with E-state index < -0.39 is 0 Å². The molecule has 7 nitrogen and oxygen atoms in total. The molecule has 4 heterocycles. The zero-order chi connectivity index (χ0) is 21.7. The SMILES string of the molecule is Cc1nc(-c2ccc(Nc3ccc(-c4ccc5c(O)[nH]cc5c4)n4ccnc34)cc2)co1. The van der Waals surface area contributed by atoms with Crippen molar-refractivity contribution in [3.8, 4) is 28.4 Å². The molecule has 0 bridgehead atoms. The van der Waals surface area contributed by atoms with Gasteiger partial charge in [-0.05, 0) is 42.0 Å². The van der Waals surface area contributed by atoms with E-state index in [-0.39, 0.29) is 5.88 Å². The van der Waals surface area contributed by atoms with Crippen LogP contribution in [0.15, 0.2) is 83.9 Å². The van der Waals surface area contributed by atoms with Crippen molar-refractivity contribution >= 4 is 27.8 Å². The zero-order valence-electron chi connectivity index (χ0n) is 17.2. The molecule has 0 saturated heterocycles. The highest BCUT2D eigenvalue weighted by atomic mass is 16.3. The average molecular weight is 421 g/mol. The summed E-state index contributed by atoms with van der Waals surface area (Å²) in [5.74, 6) is 0.833. The van der Waals surface area contributed by atoms with Crippen LogP contribution in [0.5, 0.6) is 5.88 Å². The summed E-state index contributed by atoms with van der Waals surface area (Å²) in [6.45, 7) is 1.83. The van der Waals surface area contributed by atoms with Crippen molar-refractivity contribution in [3.05, 3.63) is 85.3 Å². The molecule has 156 valence electrons. The maximum absolute atomic E-state index is 9.88. The number of pyridine rings is 1. The summed E-state index contributed by atoms with van der Waals surface area (Å²) < 4.78 is 7.36. The molecule has 2 aromatic carbocycles. The fourth-order valence-corrected chi connectivity index (χ4v) is 4.00. The molecule has 6 aromatic rings. The van der Waals surface area contributed by atoms with Crippen molar-refractivity contribution in [1.82, 2.24) is 19.4 Å². The molecule has 0 aliphatic carbocycles. The molecule has 3 N–H and O–H groups in total. The van der Waals surface area contributed by atoms with E-state index in [2.05, 4.69) is 36.8 Å². The minimum atomic E-state index is 0.184. The standard InChI is InChI=1S/C25H19N5O2/c1-15-28-22(14-32-15)16-2-5-19(6-3-16)29-21-8-9-23(30-11-10-26-24(21)30)17-4-7-20-18(12-17)13-27-25(20)31/h2-14,27,29,31H,1H3. The quantitative estimate of drug-likeness (QED) is 0.330. The first-order chi connectivity index (χ1) is 15.7. The monoisotopic (exact) mass is 421 g/mol. The van der Waals surface area contributed by atoms with E-state index in [1.54, 1.807) is 18.7 Å². The van der Waals surface area contributed by atoms with Crippen LogP contribution < -0.4 is 5.32 Å². The number of aromatic amines is 1. The number of imidazole rings is 1. The molecular formula is C25H19N5O2. The number of H-pyrrole nitrogens is 1. The van der Waals surface area contributed by atoms with Gasteiger partial charge in [0.15, 0.2) is 17.4 Å². The highest BCUT2D eigenvalue weighted by Crippen LogP contribution is 2.32. The van der Waals surface area contributed by atoms with Gasteiger partial charge < -0.3 is 19.8 Å². The highest BCUT2D eigenvalue weighted by Gasteiger charge is 2.11. The third-order valence-corrected chi connectivity index (χ3v) is 5.59. The van der Waals surface area contributed by atoms with Crippen molar-refractivity contribution in [3.63, 3.8) is 0 Å². The molecule has 0 aliphatic rings. The maximum Gasteiger partial charge on any atom is 0.196 e. The van der Waals surface area contributed by atoms with E-state index in [4.69, 9.17) is 4.42 Å². The number of anilines is 2. The predicted molar refractivity (Wildman–Crippen MR) is 124 cm³/mol. The molecule has 0 amide bonds. The highest BCUT2D eigenvalue weighted by molar-refractivity contribution is 5.91. The molecule has 6 rings (SSSR count). The Morgan fingerprint density at radius 2 is 1.88 bits per heavy atom. The Bertz CT molecular complexity index is 1570. The number of hydrogen-bond donors (Lipinski definition) is 3. The summed E-state index contributed by atoms with van der Waals surface area (Å²) in [5, 5.41) is 15.1. The Labute approximate surface area is 183 Å². The molecule has 32 heavy (non-hydrogen) atoms. The summed E-state index contributed by atoms with van der Waals surface area (Å²) >= 11 is 0. The summed E-state index contributed by atoms with van der Waals surface area (Å²) in [7, 11) is 0. The molecule has 0 saturated carbocycles. The van der Waals surface area contributed by atoms with Crippen LogP contribution in [0.3, 0.4) is 0 Å². The molecule has 0 fully saturated rings. The van der Waals surface area contributed by atoms with Crippen molar-refractivity contribution in [2.75, 3.05) is 5.32 Å². The first-order valence-corrected chi connectivity index (χ1v) is 10.2. The normalized spacial score (nSPS) is 11.4. The predicted octanol–water partition coefficient (Wildman–Crippen LogP) is 5.90. The number of rotatable bonds is 4. The molecular weight excluding hydrogens is 402 g/mol. The first kappa shape index (κ1) is 18.3. The third-order valence-electron chi connectivity index (χ3n) is 5.59. The Balaban J connectivity index is 1.34. The second-order valence-electron chi connectivity index (χ2n) is 7.65. The van der Waals surface area contributed by atoms with E-state index >= 15 is 0 Å². The summed E-state index contributed by atoms with van der Waals surface area (Å²) in [6.07, 6.45) is 7.21. The van der Waals surface area contributed by atoms with Gasteiger partial charge in [-0.15, -0.1) is 0 Å². The molecule has 0 aliphatic heterocycles. The molecule has 0 atom stereocenters. The van der Waals surface area contributed by atoms with Crippen LogP contribution in [0.4, 0.5) is 11.4 Å². The van der Waals surface area contributed by atoms with E-state index in [1.165, 1.54) is 0 Å². The number of aryl methyl sites for hydroxylation is 1. The van der Waals surface area contributed by atoms with E-state index in [0.29, 0.717) is 5.89 Å². The van der Waals surface area contributed by atoms with Crippen LogP contribution in [-0.2, 0) is 0 Å². The van der Waals surface area contributed by atoms with Gasteiger partial charge in [0.2, 0.25) is 0 Å². The van der Waals surface area contributed by atoms with Crippen LogP contribution in [0.25, 0.3) is 38.9 Å². The number of nitrogens with zero attached hydrogens (tertiary/aromatic N) is 3. The fourth-order valence-electron chi connectivity index (χ4n) is 4.00. The van der Waals surface area contributed by atoms with Crippen molar-refractivity contribution in [2.45, 2.75) is 6.92 Å². The molecule has 0 radical (unpaired) electrons. The average Bonchev–Trinajstić information content (AvgIpc) is 3.55. The van der Waals surface area contributed by atoms with Gasteiger partial charge in [0.25, 0.3) is 0 Å². The van der Waals surface area contributed by atoms with Gasteiger partial charge in [0.05, 0.1) is 11.4 Å². The van der Waals surface area contributed by atoms with Crippen LogP contribution >= 0.6 is 0 Å². The first-order valence-electron chi connectivity index (χ1n) is 10.2. The van der Waals surface area contributed by atoms with Crippen molar-refractivity contribution in [1.29, 1.82) is 0 Å². The molecule has 0 spiro atoms. The lowest BCUT2D eigenvalue weighted by atomic mass is 10.1. The smallest absolute Gasteiger partial charge is 0.196 e. The van der Waals surface area contributed by atoms with Gasteiger partial charge in [-0.1, -0.05) is 18.2 Å². The second-order valence-corrected chi connectivity index (χ2v) is 7.65. The van der Waals surface area contributed by atoms with Crippen LogP contribution in [0, 0.1) is 6.92 Å². The molecule has 0 unspecified atom stereocenters. The number of oxazole rings is 1. The Hall–Kier alpha value is -4.52. The maximum atomic E-state index is 9.88. The number of aromatic hydroxyl groups is 1. The minimum Gasteiger partial charge on any atom is -0.494 e. The summed E-state index contributed by atoms with van der Waals surface area (Å²) in [4.78, 5) is 11.8. The second kappa shape index (κ2) is 7.02. The lowest BCUT2D eigenvalue weighted by Crippen LogP contribution is -1.97. The van der Waals surface area contributed by atoms with Crippen molar-refractivity contribution < 1.29 is 9.52 Å². The molecule has 7 heteroatoms. The van der Waals surface area contributed by atoms with Gasteiger partial charge in [-0.2, -0.15) is 0 Å². The summed E-state index contributed by atoms with van der Waals surface area (Å²) in [5.41, 5.74) is 6.57. The topological polar surface area (TPSA) is 91.4 Å². The number of nitrogens with one attached hydrogen (secondary N) is 2. The zero-order valence-corrected chi connectivity index (χ0v) is 17.2. The Kier molecular flexibility index (Phi) is 4.01. The van der Waals surface area contributed by atoms with E-state index in [9.17, 15) is 5.11 Å². The fraction of sp³-hybridized carbons (Fsp3) is 0.0400. The number of hydrogen-bond acceptors (Lipinski definition) is 5. The largest absolute Gasteiger partial charge is 0.494 e. The van der Waals surface area contributed by atoms with Gasteiger partial charge >= 0.3 is 0 Å². The Morgan fingerprint density at radius 3 is 2.69 bits per heavy atom. The van der Waals surface area contributed by atoms with Gasteiger partial charge in [-0.3, -0.25) is 4.40 Å².